The molecule has 0 aliphatic carbocycles. The number of carbonyl (C=O) groups is 2. The van der Waals surface area contributed by atoms with E-state index in [2.05, 4.69) is 0 Å². The molecule has 2 N–H and O–H groups in total. The predicted octanol–water partition coefficient (Wildman–Crippen LogP) is 1.20. The molecule has 0 saturated carbocycles. The largest absolute Gasteiger partial charge is 0.341 e. The van der Waals surface area contributed by atoms with Crippen molar-refractivity contribution in [3.8, 4) is 0 Å². The van der Waals surface area contributed by atoms with E-state index in [9.17, 15) is 14.0 Å². The van der Waals surface area contributed by atoms with E-state index in [1.807, 2.05) is 0 Å². The first-order valence-electron chi connectivity index (χ1n) is 7.60. The van der Waals surface area contributed by atoms with Crippen LogP contribution in [-0.2, 0) is 16.0 Å². The lowest BCUT2D eigenvalue weighted by Crippen LogP contribution is -2.38. The monoisotopic (exact) mass is 343 g/mol. The van der Waals surface area contributed by atoms with Crippen molar-refractivity contribution >= 4 is 24.2 Å². The van der Waals surface area contributed by atoms with Gasteiger partial charge < -0.3 is 15.5 Å². The summed E-state index contributed by atoms with van der Waals surface area (Å²) < 4.78 is 13.2. The first kappa shape index (κ1) is 19.4. The fraction of sp³-hybridized carbons (Fsp3) is 0.500. The molecule has 7 heteroatoms. The molecule has 1 saturated heterocycles. The molecular formula is C16H23ClFN3O2. The van der Waals surface area contributed by atoms with Crippen LogP contribution in [-0.4, -0.2) is 54.3 Å². The van der Waals surface area contributed by atoms with Crippen LogP contribution in [0.3, 0.4) is 0 Å². The van der Waals surface area contributed by atoms with Crippen LogP contribution in [0.15, 0.2) is 24.3 Å². The molecule has 0 atom stereocenters. The molecule has 0 aromatic heterocycles. The van der Waals surface area contributed by atoms with Gasteiger partial charge in [-0.05, 0) is 24.1 Å². The Labute approximate surface area is 142 Å². The van der Waals surface area contributed by atoms with Crippen molar-refractivity contribution in [2.24, 2.45) is 5.73 Å². The van der Waals surface area contributed by atoms with Crippen molar-refractivity contribution in [1.82, 2.24) is 9.80 Å². The van der Waals surface area contributed by atoms with Crippen LogP contribution in [0, 0.1) is 5.82 Å². The van der Waals surface area contributed by atoms with Gasteiger partial charge in [0.15, 0.2) is 0 Å². The van der Waals surface area contributed by atoms with Gasteiger partial charge in [0, 0.05) is 39.1 Å². The molecule has 1 aliphatic rings. The predicted molar refractivity (Wildman–Crippen MR) is 88.8 cm³/mol. The van der Waals surface area contributed by atoms with Gasteiger partial charge in [0.1, 0.15) is 5.82 Å². The third kappa shape index (κ3) is 5.80. The number of hydrogen-bond donors (Lipinski definition) is 1. The van der Waals surface area contributed by atoms with Gasteiger partial charge >= 0.3 is 0 Å². The summed E-state index contributed by atoms with van der Waals surface area (Å²) in [4.78, 5) is 27.7. The maximum absolute atomic E-state index is 13.2. The topological polar surface area (TPSA) is 66.6 Å². The minimum absolute atomic E-state index is 0. The highest BCUT2D eigenvalue weighted by Gasteiger charge is 2.21. The Kier molecular flexibility index (Phi) is 7.98. The number of nitrogens with zero attached hydrogens (tertiary/aromatic N) is 2. The van der Waals surface area contributed by atoms with Crippen LogP contribution in [0.1, 0.15) is 18.4 Å². The van der Waals surface area contributed by atoms with Crippen molar-refractivity contribution in [3.05, 3.63) is 35.6 Å². The average molecular weight is 344 g/mol. The molecule has 1 fully saturated rings. The molecule has 1 aliphatic heterocycles. The van der Waals surface area contributed by atoms with Crippen molar-refractivity contribution in [2.45, 2.75) is 19.3 Å². The van der Waals surface area contributed by atoms with E-state index >= 15 is 0 Å². The number of benzene rings is 1. The highest BCUT2D eigenvalue weighted by Crippen LogP contribution is 2.09. The molecule has 0 spiro atoms. The van der Waals surface area contributed by atoms with Gasteiger partial charge in [-0.2, -0.15) is 0 Å². The van der Waals surface area contributed by atoms with Gasteiger partial charge in [0.05, 0.1) is 6.42 Å². The summed E-state index contributed by atoms with van der Waals surface area (Å²) in [5.41, 5.74) is 6.08. The summed E-state index contributed by atoms with van der Waals surface area (Å²) >= 11 is 0. The maximum atomic E-state index is 13.2. The second-order valence-electron chi connectivity index (χ2n) is 5.46. The van der Waals surface area contributed by atoms with Gasteiger partial charge in [-0.15, -0.1) is 12.4 Å². The van der Waals surface area contributed by atoms with Crippen LogP contribution in [0.25, 0.3) is 0 Å². The van der Waals surface area contributed by atoms with Gasteiger partial charge in [-0.25, -0.2) is 4.39 Å². The molecule has 1 aromatic carbocycles. The SMILES string of the molecule is Cl.NCCC(=O)N1CCCN(C(=O)Cc2cccc(F)c2)CC1. The summed E-state index contributed by atoms with van der Waals surface area (Å²) in [6.07, 6.45) is 1.29. The summed E-state index contributed by atoms with van der Waals surface area (Å²) in [6.45, 7) is 2.68. The van der Waals surface area contributed by atoms with Gasteiger partial charge in [-0.3, -0.25) is 9.59 Å². The quantitative estimate of drug-likeness (QED) is 0.893. The van der Waals surface area contributed by atoms with Gasteiger partial charge in [0.25, 0.3) is 0 Å². The normalized spacial score (nSPS) is 14.9. The summed E-state index contributed by atoms with van der Waals surface area (Å²) in [5, 5.41) is 0. The molecule has 2 amide bonds. The van der Waals surface area contributed by atoms with Crippen molar-refractivity contribution in [3.63, 3.8) is 0 Å². The van der Waals surface area contributed by atoms with E-state index in [4.69, 9.17) is 5.73 Å². The van der Waals surface area contributed by atoms with E-state index in [1.54, 1.807) is 21.9 Å². The summed E-state index contributed by atoms with van der Waals surface area (Å²) in [6, 6.07) is 6.09. The van der Waals surface area contributed by atoms with Crippen molar-refractivity contribution in [1.29, 1.82) is 0 Å². The van der Waals surface area contributed by atoms with Gasteiger partial charge in [0.2, 0.25) is 11.8 Å². The number of rotatable bonds is 4. The van der Waals surface area contributed by atoms with Crippen molar-refractivity contribution in [2.75, 3.05) is 32.7 Å². The Bertz CT molecular complexity index is 542. The first-order valence-corrected chi connectivity index (χ1v) is 7.60. The average Bonchev–Trinajstić information content (AvgIpc) is 2.73. The number of hydrogen-bond acceptors (Lipinski definition) is 3. The molecule has 5 nitrogen and oxygen atoms in total. The molecule has 128 valence electrons. The molecule has 0 unspecified atom stereocenters. The Hall–Kier alpha value is -1.66. The fourth-order valence-electron chi connectivity index (χ4n) is 2.63. The Morgan fingerprint density at radius 2 is 1.74 bits per heavy atom. The lowest BCUT2D eigenvalue weighted by atomic mass is 10.1. The van der Waals surface area contributed by atoms with Crippen LogP contribution in [0.4, 0.5) is 4.39 Å². The van der Waals surface area contributed by atoms with E-state index in [-0.39, 0.29) is 36.5 Å². The zero-order valence-electron chi connectivity index (χ0n) is 13.0. The third-order valence-corrected chi connectivity index (χ3v) is 3.80. The highest BCUT2D eigenvalue weighted by molar-refractivity contribution is 5.85. The van der Waals surface area contributed by atoms with E-state index in [1.165, 1.54) is 12.1 Å². The van der Waals surface area contributed by atoms with Crippen LogP contribution in [0.2, 0.25) is 0 Å². The molecule has 2 rings (SSSR count). The Morgan fingerprint density at radius 1 is 1.09 bits per heavy atom. The number of amides is 2. The third-order valence-electron chi connectivity index (χ3n) is 3.80. The summed E-state index contributed by atoms with van der Waals surface area (Å²) in [7, 11) is 0. The zero-order valence-corrected chi connectivity index (χ0v) is 13.9. The molecule has 0 radical (unpaired) electrons. The maximum Gasteiger partial charge on any atom is 0.227 e. The fourth-order valence-corrected chi connectivity index (χ4v) is 2.63. The molecular weight excluding hydrogens is 321 g/mol. The van der Waals surface area contributed by atoms with Crippen LogP contribution >= 0.6 is 12.4 Å². The van der Waals surface area contributed by atoms with Gasteiger partial charge in [-0.1, -0.05) is 12.1 Å². The highest BCUT2D eigenvalue weighted by atomic mass is 35.5. The molecule has 1 heterocycles. The van der Waals surface area contributed by atoms with Crippen LogP contribution in [0.5, 0.6) is 0 Å². The molecule has 23 heavy (non-hydrogen) atoms. The lowest BCUT2D eigenvalue weighted by Gasteiger charge is -2.22. The molecule has 1 aromatic rings. The second-order valence-corrected chi connectivity index (χ2v) is 5.46. The van der Waals surface area contributed by atoms with Crippen LogP contribution < -0.4 is 5.73 Å². The van der Waals surface area contributed by atoms with E-state index in [0.29, 0.717) is 44.7 Å². The minimum Gasteiger partial charge on any atom is -0.341 e. The van der Waals surface area contributed by atoms with E-state index < -0.39 is 0 Å². The number of carbonyl (C=O) groups excluding carboxylic acids is 2. The Morgan fingerprint density at radius 3 is 2.35 bits per heavy atom. The minimum atomic E-state index is -0.334. The van der Waals surface area contributed by atoms with E-state index in [0.717, 1.165) is 6.42 Å². The Balaban J connectivity index is 0.00000264. The zero-order chi connectivity index (χ0) is 15.9. The standard InChI is InChI=1S/C16H22FN3O2.ClH/c17-14-4-1-3-13(11-14)12-16(22)20-8-2-7-19(9-10-20)15(21)5-6-18;/h1,3-4,11H,2,5-10,12,18H2;1H. The second kappa shape index (κ2) is 9.47. The molecule has 0 bridgehead atoms. The lowest BCUT2D eigenvalue weighted by molar-refractivity contribution is -0.133. The van der Waals surface area contributed by atoms with Crippen molar-refractivity contribution < 1.29 is 14.0 Å². The number of nitrogens with two attached hydrogens (primary N) is 1. The summed E-state index contributed by atoms with van der Waals surface area (Å²) in [5.74, 6) is -0.319. The number of halogens is 2. The first-order chi connectivity index (χ1) is 10.6. The smallest absolute Gasteiger partial charge is 0.227 e.